The van der Waals surface area contributed by atoms with E-state index in [0.29, 0.717) is 23.9 Å². The predicted molar refractivity (Wildman–Crippen MR) is 112 cm³/mol. The Morgan fingerprint density at radius 2 is 1.82 bits per heavy atom. The van der Waals surface area contributed by atoms with Crippen molar-refractivity contribution in [2.45, 2.75) is 25.2 Å². The normalized spacial score (nSPS) is 11.4. The molecule has 0 heterocycles. The van der Waals surface area contributed by atoms with Crippen molar-refractivity contribution < 1.29 is 17.9 Å². The van der Waals surface area contributed by atoms with Gasteiger partial charge in [-0.3, -0.25) is 9.10 Å². The maximum atomic E-state index is 12.9. The van der Waals surface area contributed by atoms with E-state index in [1.165, 1.54) is 38.4 Å². The SMILES string of the molecule is COc1ccc(S(=O)(=O)N(C)c2ccc(Cl)c(C(=O)NCCC(C)C)c2)cc1. The maximum absolute atomic E-state index is 12.9. The van der Waals surface area contributed by atoms with Crippen molar-refractivity contribution in [1.82, 2.24) is 5.32 Å². The van der Waals surface area contributed by atoms with Gasteiger partial charge in [0, 0.05) is 13.6 Å². The van der Waals surface area contributed by atoms with Gasteiger partial charge in [-0.05, 0) is 54.8 Å². The number of methoxy groups -OCH3 is 1. The van der Waals surface area contributed by atoms with Crippen molar-refractivity contribution in [2.75, 3.05) is 25.0 Å². The quantitative estimate of drug-likeness (QED) is 0.696. The van der Waals surface area contributed by atoms with Crippen molar-refractivity contribution in [1.29, 1.82) is 0 Å². The predicted octanol–water partition coefficient (Wildman–Crippen LogP) is 3.95. The van der Waals surface area contributed by atoms with Crippen molar-refractivity contribution in [2.24, 2.45) is 5.92 Å². The van der Waals surface area contributed by atoms with Gasteiger partial charge in [0.25, 0.3) is 15.9 Å². The summed E-state index contributed by atoms with van der Waals surface area (Å²) >= 11 is 6.16. The van der Waals surface area contributed by atoms with Gasteiger partial charge in [-0.25, -0.2) is 8.42 Å². The molecule has 2 rings (SSSR count). The molecule has 0 aliphatic carbocycles. The fraction of sp³-hybridized carbons (Fsp3) is 0.350. The lowest BCUT2D eigenvalue weighted by Crippen LogP contribution is -2.28. The number of halogens is 1. The lowest BCUT2D eigenvalue weighted by Gasteiger charge is -2.20. The third-order valence-electron chi connectivity index (χ3n) is 4.28. The second-order valence-corrected chi connectivity index (χ2v) is 9.13. The molecule has 1 N–H and O–H groups in total. The van der Waals surface area contributed by atoms with Gasteiger partial charge in [-0.2, -0.15) is 0 Å². The van der Waals surface area contributed by atoms with Crippen LogP contribution in [0.2, 0.25) is 5.02 Å². The van der Waals surface area contributed by atoms with Crippen LogP contribution in [-0.2, 0) is 10.0 Å². The second-order valence-electron chi connectivity index (χ2n) is 6.75. The molecular formula is C20H25ClN2O4S. The van der Waals surface area contributed by atoms with Crippen LogP contribution in [0.1, 0.15) is 30.6 Å². The van der Waals surface area contributed by atoms with E-state index in [4.69, 9.17) is 16.3 Å². The van der Waals surface area contributed by atoms with E-state index in [1.807, 2.05) is 0 Å². The summed E-state index contributed by atoms with van der Waals surface area (Å²) in [5.74, 6) is 0.694. The zero-order valence-electron chi connectivity index (χ0n) is 16.4. The number of hydrogen-bond donors (Lipinski definition) is 1. The molecule has 0 aromatic heterocycles. The number of amides is 1. The number of carbonyl (C=O) groups is 1. The number of nitrogens with zero attached hydrogens (tertiary/aromatic N) is 1. The van der Waals surface area contributed by atoms with Crippen LogP contribution >= 0.6 is 11.6 Å². The number of anilines is 1. The number of nitrogens with one attached hydrogen (secondary N) is 1. The van der Waals surface area contributed by atoms with Gasteiger partial charge in [0.05, 0.1) is 28.3 Å². The van der Waals surface area contributed by atoms with E-state index in [0.717, 1.165) is 10.7 Å². The molecule has 0 aliphatic heterocycles. The standard InChI is InChI=1S/C20H25ClN2O4S/c1-14(2)11-12-22-20(24)18-13-15(5-10-19(18)21)23(3)28(25,26)17-8-6-16(27-4)7-9-17/h5-10,13-14H,11-12H2,1-4H3,(H,22,24). The van der Waals surface area contributed by atoms with E-state index in [2.05, 4.69) is 19.2 Å². The van der Waals surface area contributed by atoms with E-state index in [1.54, 1.807) is 18.2 Å². The fourth-order valence-electron chi connectivity index (χ4n) is 2.50. The molecule has 0 saturated carbocycles. The first-order valence-corrected chi connectivity index (χ1v) is 10.7. The van der Waals surface area contributed by atoms with Crippen LogP contribution in [0.3, 0.4) is 0 Å². The molecule has 0 spiro atoms. The Bertz CT molecular complexity index is 928. The molecule has 0 atom stereocenters. The maximum Gasteiger partial charge on any atom is 0.264 e. The van der Waals surface area contributed by atoms with Gasteiger partial charge in [-0.15, -0.1) is 0 Å². The summed E-state index contributed by atoms with van der Waals surface area (Å²) in [6, 6.07) is 10.7. The summed E-state index contributed by atoms with van der Waals surface area (Å²) in [5.41, 5.74) is 0.578. The van der Waals surface area contributed by atoms with Crippen LogP contribution in [0.4, 0.5) is 5.69 Å². The summed E-state index contributed by atoms with van der Waals surface area (Å²) in [4.78, 5) is 12.6. The molecule has 0 fully saturated rings. The summed E-state index contributed by atoms with van der Waals surface area (Å²) in [6.07, 6.45) is 0.842. The average molecular weight is 425 g/mol. The van der Waals surface area contributed by atoms with E-state index in [-0.39, 0.29) is 21.4 Å². The molecular weight excluding hydrogens is 400 g/mol. The zero-order valence-corrected chi connectivity index (χ0v) is 18.0. The Labute approximate surface area is 171 Å². The van der Waals surface area contributed by atoms with E-state index >= 15 is 0 Å². The van der Waals surface area contributed by atoms with Crippen molar-refractivity contribution in [3.63, 3.8) is 0 Å². The minimum absolute atomic E-state index is 0.119. The number of carbonyl (C=O) groups excluding carboxylic acids is 1. The van der Waals surface area contributed by atoms with Crippen LogP contribution in [0.15, 0.2) is 47.4 Å². The lowest BCUT2D eigenvalue weighted by molar-refractivity contribution is 0.0952. The summed E-state index contributed by atoms with van der Waals surface area (Å²) in [7, 11) is -0.853. The van der Waals surface area contributed by atoms with Gasteiger partial charge < -0.3 is 10.1 Å². The second kappa shape index (κ2) is 9.30. The third kappa shape index (κ3) is 5.17. The molecule has 0 radical (unpaired) electrons. The molecule has 1 amide bonds. The lowest BCUT2D eigenvalue weighted by atomic mass is 10.1. The molecule has 152 valence electrons. The van der Waals surface area contributed by atoms with Crippen LogP contribution < -0.4 is 14.4 Å². The smallest absolute Gasteiger partial charge is 0.264 e. The monoisotopic (exact) mass is 424 g/mol. The highest BCUT2D eigenvalue weighted by atomic mass is 35.5. The minimum Gasteiger partial charge on any atom is -0.497 e. The number of benzene rings is 2. The Morgan fingerprint density at radius 1 is 1.18 bits per heavy atom. The number of sulfonamides is 1. The summed E-state index contributed by atoms with van der Waals surface area (Å²) in [6.45, 7) is 4.66. The summed E-state index contributed by atoms with van der Waals surface area (Å²) < 4.78 is 32.0. The Balaban J connectivity index is 2.27. The highest BCUT2D eigenvalue weighted by Crippen LogP contribution is 2.27. The highest BCUT2D eigenvalue weighted by molar-refractivity contribution is 7.92. The van der Waals surface area contributed by atoms with Crippen molar-refractivity contribution in [3.8, 4) is 5.75 Å². The first kappa shape index (κ1) is 22.0. The van der Waals surface area contributed by atoms with Crippen LogP contribution in [-0.4, -0.2) is 35.0 Å². The Hall–Kier alpha value is -2.25. The first-order chi connectivity index (χ1) is 13.2. The van der Waals surface area contributed by atoms with Gasteiger partial charge in [-0.1, -0.05) is 25.4 Å². The van der Waals surface area contributed by atoms with Crippen molar-refractivity contribution in [3.05, 3.63) is 53.1 Å². The molecule has 6 nitrogen and oxygen atoms in total. The Morgan fingerprint density at radius 3 is 2.39 bits per heavy atom. The van der Waals surface area contributed by atoms with E-state index < -0.39 is 10.0 Å². The molecule has 8 heteroatoms. The largest absolute Gasteiger partial charge is 0.497 e. The molecule has 28 heavy (non-hydrogen) atoms. The fourth-order valence-corrected chi connectivity index (χ4v) is 3.89. The molecule has 2 aromatic carbocycles. The molecule has 0 bridgehead atoms. The zero-order chi connectivity index (χ0) is 20.9. The average Bonchev–Trinajstić information content (AvgIpc) is 2.67. The highest BCUT2D eigenvalue weighted by Gasteiger charge is 2.23. The minimum atomic E-state index is -3.80. The molecule has 0 unspecified atom stereocenters. The first-order valence-electron chi connectivity index (χ1n) is 8.87. The Kier molecular flexibility index (Phi) is 7.32. The number of rotatable bonds is 8. The van der Waals surface area contributed by atoms with E-state index in [9.17, 15) is 13.2 Å². The van der Waals surface area contributed by atoms with Gasteiger partial charge in [0.2, 0.25) is 0 Å². The van der Waals surface area contributed by atoms with Gasteiger partial charge in [0.15, 0.2) is 0 Å². The molecule has 2 aromatic rings. The summed E-state index contributed by atoms with van der Waals surface area (Å²) in [5, 5.41) is 3.08. The third-order valence-corrected chi connectivity index (χ3v) is 6.41. The van der Waals surface area contributed by atoms with Crippen LogP contribution in [0.5, 0.6) is 5.75 Å². The van der Waals surface area contributed by atoms with Crippen LogP contribution in [0, 0.1) is 5.92 Å². The number of hydrogen-bond acceptors (Lipinski definition) is 4. The molecule has 0 saturated heterocycles. The molecule has 0 aliphatic rings. The van der Waals surface area contributed by atoms with Gasteiger partial charge in [0.1, 0.15) is 5.75 Å². The topological polar surface area (TPSA) is 75.7 Å². The number of ether oxygens (including phenoxy) is 1. The van der Waals surface area contributed by atoms with Gasteiger partial charge >= 0.3 is 0 Å². The van der Waals surface area contributed by atoms with Crippen LogP contribution in [0.25, 0.3) is 0 Å². The van der Waals surface area contributed by atoms with Crippen molar-refractivity contribution >= 4 is 33.2 Å².